The van der Waals surface area contributed by atoms with Gasteiger partial charge in [0.2, 0.25) is 11.8 Å². The fourth-order valence-corrected chi connectivity index (χ4v) is 8.34. The number of hydrogen-bond donors (Lipinski definition) is 3. The molecule has 1 heterocycles. The van der Waals surface area contributed by atoms with Crippen molar-refractivity contribution in [1.29, 1.82) is 0 Å². The van der Waals surface area contributed by atoms with Crippen LogP contribution in [0.3, 0.4) is 0 Å². The van der Waals surface area contributed by atoms with Gasteiger partial charge in [-0.05, 0) is 127 Å². The maximum atomic E-state index is 13.1. The van der Waals surface area contributed by atoms with Crippen molar-refractivity contribution >= 4 is 17.8 Å². The van der Waals surface area contributed by atoms with E-state index >= 15 is 0 Å². The molecule has 0 aromatic heterocycles. The fraction of sp³-hybridized carbons (Fsp3) is 0.635. The maximum Gasteiger partial charge on any atom is 0.311 e. The number of carbonyl (C=O) groups is 3. The molecule has 0 aromatic rings. The number of esters is 1. The lowest BCUT2D eigenvalue weighted by molar-refractivity contribution is -0.164. The number of piperidine rings is 1. The molecule has 1 fully saturated rings. The van der Waals surface area contributed by atoms with Gasteiger partial charge in [-0.25, -0.2) is 0 Å². The second-order valence-electron chi connectivity index (χ2n) is 18.0. The number of amides is 2. The summed E-state index contributed by atoms with van der Waals surface area (Å²) in [5, 5.41) is 24.8. The van der Waals surface area contributed by atoms with Gasteiger partial charge in [0.05, 0.1) is 24.0 Å². The van der Waals surface area contributed by atoms with Gasteiger partial charge in [-0.2, -0.15) is 0 Å². The summed E-state index contributed by atoms with van der Waals surface area (Å²) in [6.07, 6.45) is 42.1. The summed E-state index contributed by atoms with van der Waals surface area (Å²) in [4.78, 5) is 40.7. The molecule has 0 aromatic carbocycles. The molecule has 3 N–H and O–H groups in total. The van der Waals surface area contributed by atoms with E-state index in [0.717, 1.165) is 51.4 Å². The zero-order valence-electron chi connectivity index (χ0n) is 38.0. The average molecular weight is 829 g/mol. The highest BCUT2D eigenvalue weighted by Crippen LogP contribution is 2.45. The van der Waals surface area contributed by atoms with Gasteiger partial charge in [0.25, 0.3) is 0 Å². The lowest BCUT2D eigenvalue weighted by atomic mass is 9.65. The number of carbonyl (C=O) groups excluding carboxylic acids is 3. The van der Waals surface area contributed by atoms with E-state index in [1.54, 1.807) is 0 Å². The summed E-state index contributed by atoms with van der Waals surface area (Å²) in [6.45, 7) is 13.6. The molecule has 2 unspecified atom stereocenters. The summed E-state index contributed by atoms with van der Waals surface area (Å²) in [6, 6.07) is -0.0340. The van der Waals surface area contributed by atoms with Crippen molar-refractivity contribution in [1.82, 2.24) is 10.2 Å². The zero-order valence-corrected chi connectivity index (χ0v) is 38.0. The third-order valence-corrected chi connectivity index (χ3v) is 12.4. The van der Waals surface area contributed by atoms with Gasteiger partial charge in [0.1, 0.15) is 6.10 Å². The number of nitrogens with one attached hydrogen (secondary N) is 1. The largest absolute Gasteiger partial charge is 0.461 e. The molecule has 1 aliphatic heterocycles. The van der Waals surface area contributed by atoms with Crippen LogP contribution in [0, 0.1) is 29.1 Å². The molecular formula is C52H80N2O6. The number of allylic oxidation sites excluding steroid dienone is 15. The van der Waals surface area contributed by atoms with Crippen LogP contribution in [-0.2, 0) is 19.1 Å². The molecule has 0 radical (unpaired) electrons. The van der Waals surface area contributed by atoms with Crippen LogP contribution in [0.5, 0.6) is 0 Å². The predicted octanol–water partition coefficient (Wildman–Crippen LogP) is 10.6. The number of nitrogens with zero attached hydrogens (tertiary/aromatic N) is 1. The second kappa shape index (κ2) is 28.0. The van der Waals surface area contributed by atoms with Gasteiger partial charge < -0.3 is 25.2 Å². The van der Waals surface area contributed by atoms with Crippen LogP contribution >= 0.6 is 0 Å². The predicted molar refractivity (Wildman–Crippen MR) is 247 cm³/mol. The smallest absolute Gasteiger partial charge is 0.311 e. The Morgan fingerprint density at radius 2 is 1.42 bits per heavy atom. The molecule has 8 nitrogen and oxygen atoms in total. The van der Waals surface area contributed by atoms with E-state index in [0.29, 0.717) is 57.5 Å². The Hall–Kier alpha value is -3.75. The van der Waals surface area contributed by atoms with Crippen LogP contribution in [0.15, 0.2) is 96.7 Å². The number of hydrogen-bond acceptors (Lipinski definition) is 6. The van der Waals surface area contributed by atoms with Crippen molar-refractivity contribution in [2.24, 2.45) is 29.1 Å². The Morgan fingerprint density at radius 3 is 1.98 bits per heavy atom. The van der Waals surface area contributed by atoms with Crippen molar-refractivity contribution in [2.45, 2.75) is 169 Å². The number of likely N-dealkylation sites (tertiary alicyclic amines) is 1. The number of fused-ring (bicyclic) bond motifs is 1. The molecule has 0 spiro atoms. The van der Waals surface area contributed by atoms with Crippen molar-refractivity contribution in [3.8, 4) is 0 Å². The van der Waals surface area contributed by atoms with E-state index in [1.165, 1.54) is 5.57 Å². The van der Waals surface area contributed by atoms with Crippen molar-refractivity contribution < 1.29 is 29.3 Å². The molecule has 0 bridgehead atoms. The van der Waals surface area contributed by atoms with Gasteiger partial charge in [-0.15, -0.1) is 0 Å². The lowest BCUT2D eigenvalue weighted by Gasteiger charge is -2.44. The first-order valence-corrected chi connectivity index (χ1v) is 23.3. The Kier molecular flexibility index (Phi) is 23.6. The van der Waals surface area contributed by atoms with E-state index in [9.17, 15) is 24.6 Å². The first-order valence-electron chi connectivity index (χ1n) is 23.3. The van der Waals surface area contributed by atoms with Gasteiger partial charge in [0, 0.05) is 31.5 Å². The fourth-order valence-electron chi connectivity index (χ4n) is 8.34. The van der Waals surface area contributed by atoms with Crippen LogP contribution in [0.2, 0.25) is 0 Å². The molecule has 2 aliphatic carbocycles. The van der Waals surface area contributed by atoms with Crippen LogP contribution in [0.1, 0.15) is 144 Å². The highest BCUT2D eigenvalue weighted by molar-refractivity contribution is 5.78. The molecule has 2 amide bonds. The zero-order chi connectivity index (χ0) is 43.8. The SMILES string of the molecule is CC/C=C\C/C=C\C/C=C\C/C=C\C/C=C\C/C=C\CCC(=O)N1CCC(NC(=O)C[C@H](O)C[C@@H](O)CC[C@@H]2C3C(=C[C@H](C)CC3OC(=O)C(C)(C)CC)C=C[C@@H]2C)CC1. The number of aliphatic hydroxyl groups excluding tert-OH is 2. The molecule has 3 rings (SSSR count). The van der Waals surface area contributed by atoms with Crippen LogP contribution in [0.25, 0.3) is 0 Å². The van der Waals surface area contributed by atoms with Gasteiger partial charge in [0.15, 0.2) is 0 Å². The normalized spacial score (nSPS) is 24.0. The van der Waals surface area contributed by atoms with E-state index in [4.69, 9.17) is 4.74 Å². The number of rotatable bonds is 25. The first kappa shape index (κ1) is 50.6. The van der Waals surface area contributed by atoms with E-state index in [-0.39, 0.29) is 60.5 Å². The molecule has 7 atom stereocenters. The number of aliphatic hydroxyl groups is 2. The van der Waals surface area contributed by atoms with Crippen molar-refractivity contribution in [3.63, 3.8) is 0 Å². The van der Waals surface area contributed by atoms with Crippen LogP contribution < -0.4 is 5.32 Å². The third kappa shape index (κ3) is 18.9. The molecule has 3 aliphatic rings. The molecule has 0 saturated carbocycles. The summed E-state index contributed by atoms with van der Waals surface area (Å²) in [7, 11) is 0. The third-order valence-electron chi connectivity index (χ3n) is 12.4. The van der Waals surface area contributed by atoms with Gasteiger partial charge >= 0.3 is 5.97 Å². The minimum Gasteiger partial charge on any atom is -0.461 e. The standard InChI is InChI=1S/C52H80N2O6/c1-7-9-10-11-12-13-14-15-16-17-18-19-20-21-22-23-24-25-26-27-49(58)54-34-32-43(33-35-54)53-48(57)39-45(56)38-44(55)30-31-46-41(4)28-29-42-36-40(3)37-47(50(42)46)60-51(59)52(5,6)8-2/h9-10,12-13,15-16,18-19,21-22,24-25,28-29,36,40-41,43-47,50,55-56H,7-8,11,14,17,20,23,26-27,30-35,37-39H2,1-6H3,(H,53,57)/b10-9-,13-12-,16-15-,19-18-,22-21-,25-24-/t40-,41-,44-,45+,46-,47?,50?/m0/s1. The topological polar surface area (TPSA) is 116 Å². The molecule has 1 saturated heterocycles. The Bertz CT molecular complexity index is 1540. The number of ether oxygens (including phenoxy) is 1. The van der Waals surface area contributed by atoms with Crippen LogP contribution in [0.4, 0.5) is 0 Å². The molecule has 60 heavy (non-hydrogen) atoms. The molecule has 8 heteroatoms. The van der Waals surface area contributed by atoms with E-state index < -0.39 is 17.6 Å². The molecule has 334 valence electrons. The highest BCUT2D eigenvalue weighted by atomic mass is 16.5. The van der Waals surface area contributed by atoms with E-state index in [2.05, 4.69) is 117 Å². The monoisotopic (exact) mass is 829 g/mol. The summed E-state index contributed by atoms with van der Waals surface area (Å²) in [5.41, 5.74) is 0.675. The van der Waals surface area contributed by atoms with Gasteiger partial charge in [-0.3, -0.25) is 14.4 Å². The van der Waals surface area contributed by atoms with E-state index in [1.807, 2.05) is 25.7 Å². The average Bonchev–Trinajstić information content (AvgIpc) is 3.21. The quantitative estimate of drug-likeness (QED) is 0.0623. The Balaban J connectivity index is 1.28. The van der Waals surface area contributed by atoms with Gasteiger partial charge in [-0.1, -0.05) is 119 Å². The maximum absolute atomic E-state index is 13.1. The summed E-state index contributed by atoms with van der Waals surface area (Å²) in [5.74, 6) is 0.596. The minimum absolute atomic E-state index is 0.0340. The Morgan fingerprint density at radius 1 is 0.850 bits per heavy atom. The second-order valence-corrected chi connectivity index (χ2v) is 18.0. The van der Waals surface area contributed by atoms with Crippen LogP contribution in [-0.4, -0.2) is 70.3 Å². The summed E-state index contributed by atoms with van der Waals surface area (Å²) >= 11 is 0. The first-order chi connectivity index (χ1) is 28.8. The molecular weight excluding hydrogens is 749 g/mol. The Labute approximate surface area is 363 Å². The minimum atomic E-state index is -0.949. The lowest BCUT2D eigenvalue weighted by Crippen LogP contribution is -2.47. The van der Waals surface area contributed by atoms with Crippen molar-refractivity contribution in [2.75, 3.05) is 13.1 Å². The summed E-state index contributed by atoms with van der Waals surface area (Å²) < 4.78 is 6.23. The highest BCUT2D eigenvalue weighted by Gasteiger charge is 2.43. The van der Waals surface area contributed by atoms with Crippen molar-refractivity contribution in [3.05, 3.63) is 96.7 Å².